The first kappa shape index (κ1) is 16.8. The number of rotatable bonds is 6. The monoisotopic (exact) mass is 383 g/mol. The molecular weight excluding hydrogens is 369 g/mol. The van der Waals surface area contributed by atoms with Gasteiger partial charge in [0, 0.05) is 21.5 Å². The number of amides is 1. The molecule has 116 valence electrons. The highest BCUT2D eigenvalue weighted by Gasteiger charge is 2.07. The van der Waals surface area contributed by atoms with E-state index in [1.807, 2.05) is 24.3 Å². The summed E-state index contributed by atoms with van der Waals surface area (Å²) in [6.45, 7) is 0. The molecule has 6 heteroatoms. The van der Waals surface area contributed by atoms with Crippen molar-refractivity contribution in [1.82, 2.24) is 0 Å². The fourth-order valence-electron chi connectivity index (χ4n) is 1.74. The summed E-state index contributed by atoms with van der Waals surface area (Å²) in [4.78, 5) is 12.9. The fraction of sp³-hybridized carbons (Fsp3) is 0.188. The summed E-state index contributed by atoms with van der Waals surface area (Å²) in [5.41, 5.74) is 0.197. The van der Waals surface area contributed by atoms with Crippen molar-refractivity contribution in [2.75, 3.05) is 18.2 Å². The highest BCUT2D eigenvalue weighted by Crippen LogP contribution is 2.23. The Morgan fingerprint density at radius 1 is 1.27 bits per heavy atom. The number of halogens is 2. The number of carbonyl (C=O) groups is 1. The third-order valence-electron chi connectivity index (χ3n) is 2.86. The van der Waals surface area contributed by atoms with Gasteiger partial charge >= 0.3 is 0 Å². The number of carbonyl (C=O) groups excluding carboxylic acids is 1. The Labute approximate surface area is 141 Å². The van der Waals surface area contributed by atoms with Crippen LogP contribution in [0, 0.1) is 5.82 Å². The highest BCUT2D eigenvalue weighted by molar-refractivity contribution is 9.10. The van der Waals surface area contributed by atoms with Crippen LogP contribution in [0.4, 0.5) is 10.1 Å². The molecule has 0 aliphatic carbocycles. The van der Waals surface area contributed by atoms with Crippen LogP contribution in [0.1, 0.15) is 6.42 Å². The molecule has 2 aromatic carbocycles. The van der Waals surface area contributed by atoms with E-state index >= 15 is 0 Å². The van der Waals surface area contributed by atoms with Crippen LogP contribution in [0.15, 0.2) is 51.8 Å². The van der Waals surface area contributed by atoms with Gasteiger partial charge < -0.3 is 10.1 Å². The first-order valence-corrected chi connectivity index (χ1v) is 8.38. The van der Waals surface area contributed by atoms with Crippen molar-refractivity contribution in [3.8, 4) is 5.75 Å². The number of hydrogen-bond donors (Lipinski definition) is 1. The van der Waals surface area contributed by atoms with Gasteiger partial charge in [-0.2, -0.15) is 0 Å². The SMILES string of the molecule is COc1ccc(SCCC(=O)Nc2ccc(Br)cc2F)cc1. The van der Waals surface area contributed by atoms with Crippen molar-refractivity contribution in [3.63, 3.8) is 0 Å². The number of nitrogens with one attached hydrogen (secondary N) is 1. The zero-order valence-corrected chi connectivity index (χ0v) is 14.3. The number of thioether (sulfide) groups is 1. The van der Waals surface area contributed by atoms with Crippen LogP contribution < -0.4 is 10.1 Å². The Morgan fingerprint density at radius 2 is 2.00 bits per heavy atom. The van der Waals surface area contributed by atoms with Crippen LogP contribution in [-0.2, 0) is 4.79 Å². The van der Waals surface area contributed by atoms with Gasteiger partial charge in [0.15, 0.2) is 0 Å². The molecule has 0 radical (unpaired) electrons. The lowest BCUT2D eigenvalue weighted by Gasteiger charge is -2.07. The van der Waals surface area contributed by atoms with E-state index in [1.165, 1.54) is 12.1 Å². The predicted octanol–water partition coefficient (Wildman–Crippen LogP) is 4.72. The van der Waals surface area contributed by atoms with Gasteiger partial charge in [0.25, 0.3) is 0 Å². The van der Waals surface area contributed by atoms with Crippen LogP contribution in [-0.4, -0.2) is 18.8 Å². The molecule has 22 heavy (non-hydrogen) atoms. The molecule has 0 saturated heterocycles. The third kappa shape index (κ3) is 5.03. The lowest BCUT2D eigenvalue weighted by molar-refractivity contribution is -0.115. The lowest BCUT2D eigenvalue weighted by Crippen LogP contribution is -2.13. The minimum absolute atomic E-state index is 0.197. The van der Waals surface area contributed by atoms with Crippen molar-refractivity contribution in [2.24, 2.45) is 0 Å². The van der Waals surface area contributed by atoms with Gasteiger partial charge in [-0.15, -0.1) is 11.8 Å². The van der Waals surface area contributed by atoms with E-state index in [9.17, 15) is 9.18 Å². The van der Waals surface area contributed by atoms with Crippen molar-refractivity contribution in [1.29, 1.82) is 0 Å². The van der Waals surface area contributed by atoms with Gasteiger partial charge in [0.05, 0.1) is 12.8 Å². The van der Waals surface area contributed by atoms with E-state index in [0.29, 0.717) is 16.6 Å². The minimum atomic E-state index is -0.453. The fourth-order valence-corrected chi connectivity index (χ4v) is 2.92. The maximum Gasteiger partial charge on any atom is 0.225 e. The number of hydrogen-bond acceptors (Lipinski definition) is 3. The molecule has 0 aliphatic heterocycles. The zero-order valence-electron chi connectivity index (χ0n) is 11.9. The summed E-state index contributed by atoms with van der Waals surface area (Å²) < 4.78 is 19.3. The summed E-state index contributed by atoms with van der Waals surface area (Å²) in [6, 6.07) is 12.2. The predicted molar refractivity (Wildman–Crippen MR) is 91.1 cm³/mol. The van der Waals surface area contributed by atoms with Gasteiger partial charge in [0.1, 0.15) is 11.6 Å². The minimum Gasteiger partial charge on any atom is -0.497 e. The maximum atomic E-state index is 13.6. The topological polar surface area (TPSA) is 38.3 Å². The van der Waals surface area contributed by atoms with E-state index in [2.05, 4.69) is 21.2 Å². The van der Waals surface area contributed by atoms with Crippen LogP contribution in [0.3, 0.4) is 0 Å². The van der Waals surface area contributed by atoms with Crippen LogP contribution >= 0.6 is 27.7 Å². The van der Waals surface area contributed by atoms with E-state index in [0.717, 1.165) is 10.6 Å². The third-order valence-corrected chi connectivity index (χ3v) is 4.37. The number of anilines is 1. The summed E-state index contributed by atoms with van der Waals surface area (Å²) in [5.74, 6) is 0.761. The van der Waals surface area contributed by atoms with E-state index in [-0.39, 0.29) is 11.6 Å². The van der Waals surface area contributed by atoms with Crippen LogP contribution in [0.2, 0.25) is 0 Å². The molecule has 2 aromatic rings. The average Bonchev–Trinajstić information content (AvgIpc) is 2.51. The standard InChI is InChI=1S/C16H15BrFNO2S/c1-21-12-3-5-13(6-4-12)22-9-8-16(20)19-15-7-2-11(17)10-14(15)18/h2-7,10H,8-9H2,1H3,(H,19,20). The summed E-state index contributed by atoms with van der Waals surface area (Å²) in [5, 5.41) is 2.57. The van der Waals surface area contributed by atoms with E-state index in [4.69, 9.17) is 4.74 Å². The molecule has 0 aromatic heterocycles. The summed E-state index contributed by atoms with van der Waals surface area (Å²) >= 11 is 4.74. The Morgan fingerprint density at radius 3 is 2.64 bits per heavy atom. The second-order valence-electron chi connectivity index (χ2n) is 4.45. The quantitative estimate of drug-likeness (QED) is 0.733. The Bertz CT molecular complexity index is 649. The first-order valence-electron chi connectivity index (χ1n) is 6.60. The smallest absolute Gasteiger partial charge is 0.225 e. The van der Waals surface area contributed by atoms with Crippen molar-refractivity contribution in [3.05, 3.63) is 52.8 Å². The molecule has 0 atom stereocenters. The Hall–Kier alpha value is -1.53. The average molecular weight is 384 g/mol. The molecule has 0 aliphatic rings. The van der Waals surface area contributed by atoms with Crippen LogP contribution in [0.25, 0.3) is 0 Å². The molecule has 0 spiro atoms. The van der Waals surface area contributed by atoms with E-state index in [1.54, 1.807) is 24.9 Å². The molecule has 0 fully saturated rings. The van der Waals surface area contributed by atoms with Crippen molar-refractivity contribution < 1.29 is 13.9 Å². The van der Waals surface area contributed by atoms with Gasteiger partial charge in [-0.1, -0.05) is 15.9 Å². The largest absolute Gasteiger partial charge is 0.497 e. The lowest BCUT2D eigenvalue weighted by atomic mass is 10.3. The Balaban J connectivity index is 1.79. The molecule has 0 unspecified atom stereocenters. The van der Waals surface area contributed by atoms with Gasteiger partial charge in [-0.25, -0.2) is 4.39 Å². The van der Waals surface area contributed by atoms with Gasteiger partial charge in [-0.05, 0) is 42.5 Å². The Kier molecular flexibility index (Phi) is 6.27. The number of methoxy groups -OCH3 is 1. The molecule has 1 N–H and O–H groups in total. The van der Waals surface area contributed by atoms with Gasteiger partial charge in [0.2, 0.25) is 5.91 Å². The molecule has 3 nitrogen and oxygen atoms in total. The van der Waals surface area contributed by atoms with E-state index < -0.39 is 5.82 Å². The first-order chi connectivity index (χ1) is 10.6. The molecule has 1 amide bonds. The molecule has 0 heterocycles. The summed E-state index contributed by atoms with van der Waals surface area (Å²) in [6.07, 6.45) is 0.312. The van der Waals surface area contributed by atoms with Crippen LogP contribution in [0.5, 0.6) is 5.75 Å². The number of ether oxygens (including phenoxy) is 1. The molecular formula is C16H15BrFNO2S. The van der Waals surface area contributed by atoms with Crippen molar-refractivity contribution >= 4 is 39.3 Å². The number of benzene rings is 2. The second kappa shape index (κ2) is 8.19. The zero-order chi connectivity index (χ0) is 15.9. The van der Waals surface area contributed by atoms with Crippen molar-refractivity contribution in [2.45, 2.75) is 11.3 Å². The maximum absolute atomic E-state index is 13.6. The molecule has 0 saturated carbocycles. The highest BCUT2D eigenvalue weighted by atomic mass is 79.9. The van der Waals surface area contributed by atoms with Gasteiger partial charge in [-0.3, -0.25) is 4.79 Å². The summed E-state index contributed by atoms with van der Waals surface area (Å²) in [7, 11) is 1.62. The molecule has 0 bridgehead atoms. The normalized spacial score (nSPS) is 10.3. The second-order valence-corrected chi connectivity index (χ2v) is 6.53. The molecule has 2 rings (SSSR count).